The summed E-state index contributed by atoms with van der Waals surface area (Å²) in [6, 6.07) is 14.9. The number of hydrogen-bond donors (Lipinski definition) is 1. The summed E-state index contributed by atoms with van der Waals surface area (Å²) >= 11 is 0. The number of anilines is 1. The molecule has 3 aromatic rings. The van der Waals surface area contributed by atoms with E-state index in [4.69, 9.17) is 0 Å². The van der Waals surface area contributed by atoms with Crippen LogP contribution in [0, 0.1) is 0 Å². The molecule has 0 amide bonds. The number of carbonyl (C=O) groups excluding carboxylic acids is 1. The first-order chi connectivity index (χ1) is 11.9. The Kier molecular flexibility index (Phi) is 4.67. The molecule has 7 heteroatoms. The number of aromatic nitrogens is 2. The molecule has 128 valence electrons. The van der Waals surface area contributed by atoms with Crippen LogP contribution in [0.15, 0.2) is 71.9 Å². The predicted molar refractivity (Wildman–Crippen MR) is 95.0 cm³/mol. The fraction of sp³-hybridized carbons (Fsp3) is 0.111. The van der Waals surface area contributed by atoms with Crippen LogP contribution in [0.5, 0.6) is 0 Å². The van der Waals surface area contributed by atoms with Crippen molar-refractivity contribution in [2.45, 2.75) is 18.4 Å². The van der Waals surface area contributed by atoms with Crippen molar-refractivity contribution in [2.75, 3.05) is 4.72 Å². The van der Waals surface area contributed by atoms with Crippen molar-refractivity contribution < 1.29 is 13.2 Å². The molecule has 0 radical (unpaired) electrons. The number of hydrogen-bond acceptors (Lipinski definition) is 4. The van der Waals surface area contributed by atoms with Crippen LogP contribution in [0.1, 0.15) is 22.8 Å². The minimum atomic E-state index is -3.77. The lowest BCUT2D eigenvalue weighted by atomic mass is 10.2. The molecule has 0 atom stereocenters. The van der Waals surface area contributed by atoms with Gasteiger partial charge in [0.15, 0.2) is 5.78 Å². The minimum absolute atomic E-state index is 0.0534. The number of rotatable bonds is 6. The predicted octanol–water partition coefficient (Wildman–Crippen LogP) is 2.93. The van der Waals surface area contributed by atoms with Crippen molar-refractivity contribution in [3.05, 3.63) is 78.1 Å². The molecule has 0 aliphatic heterocycles. The summed E-state index contributed by atoms with van der Waals surface area (Å²) in [5.41, 5.74) is 1.73. The molecule has 0 spiro atoms. The summed E-state index contributed by atoms with van der Waals surface area (Å²) in [6.45, 7) is 1.94. The summed E-state index contributed by atoms with van der Waals surface area (Å²) in [4.78, 5) is 11.5. The maximum atomic E-state index is 12.6. The highest BCUT2D eigenvalue weighted by Gasteiger charge is 2.15. The van der Waals surface area contributed by atoms with Crippen molar-refractivity contribution >= 4 is 21.5 Å². The zero-order valence-corrected chi connectivity index (χ0v) is 14.4. The summed E-state index contributed by atoms with van der Waals surface area (Å²) < 4.78 is 29.4. The molecular weight excluding hydrogens is 338 g/mol. The molecular formula is C18H17N3O3S. The van der Waals surface area contributed by atoms with Crippen LogP contribution >= 0.6 is 0 Å². The van der Waals surface area contributed by atoms with Crippen molar-refractivity contribution in [1.82, 2.24) is 9.78 Å². The number of Topliss-reactive ketones (excluding diaryl/α,β-unsaturated/α-hetero) is 1. The van der Waals surface area contributed by atoms with Gasteiger partial charge >= 0.3 is 0 Å². The van der Waals surface area contributed by atoms with Crippen LogP contribution in [0.2, 0.25) is 0 Å². The zero-order valence-electron chi connectivity index (χ0n) is 13.6. The number of carbonyl (C=O) groups is 1. The minimum Gasteiger partial charge on any atom is -0.295 e. The summed E-state index contributed by atoms with van der Waals surface area (Å²) in [6.07, 6.45) is 3.53. The van der Waals surface area contributed by atoms with E-state index in [1.54, 1.807) is 41.2 Å². The van der Waals surface area contributed by atoms with E-state index in [0.717, 1.165) is 5.56 Å². The lowest BCUT2D eigenvalue weighted by Crippen LogP contribution is -2.14. The Morgan fingerprint density at radius 3 is 2.64 bits per heavy atom. The van der Waals surface area contributed by atoms with Gasteiger partial charge in [0, 0.05) is 23.6 Å². The van der Waals surface area contributed by atoms with E-state index in [1.165, 1.54) is 19.1 Å². The summed E-state index contributed by atoms with van der Waals surface area (Å²) in [5.74, 6) is -0.182. The Bertz CT molecular complexity index is 996. The van der Waals surface area contributed by atoms with E-state index in [1.807, 2.05) is 18.3 Å². The second-order valence-corrected chi connectivity index (χ2v) is 7.28. The highest BCUT2D eigenvalue weighted by Crippen LogP contribution is 2.19. The summed E-state index contributed by atoms with van der Waals surface area (Å²) in [7, 11) is -3.77. The maximum Gasteiger partial charge on any atom is 0.261 e. The van der Waals surface area contributed by atoms with Gasteiger partial charge in [0.25, 0.3) is 10.0 Å². The second-order valence-electron chi connectivity index (χ2n) is 5.59. The van der Waals surface area contributed by atoms with E-state index >= 15 is 0 Å². The van der Waals surface area contributed by atoms with Crippen LogP contribution < -0.4 is 4.72 Å². The second kappa shape index (κ2) is 6.90. The van der Waals surface area contributed by atoms with E-state index in [0.29, 0.717) is 17.8 Å². The highest BCUT2D eigenvalue weighted by atomic mass is 32.2. The lowest BCUT2D eigenvalue weighted by Gasteiger charge is -2.10. The average molecular weight is 355 g/mol. The SMILES string of the molecule is CC(=O)c1cccc(S(=O)(=O)Nc2cccc(Cn3cccn3)c2)c1. The molecule has 6 nitrogen and oxygen atoms in total. The molecule has 1 aromatic heterocycles. The maximum absolute atomic E-state index is 12.6. The molecule has 0 fully saturated rings. The molecule has 1 heterocycles. The third kappa shape index (κ3) is 4.13. The number of sulfonamides is 1. The fourth-order valence-electron chi connectivity index (χ4n) is 2.41. The first-order valence-corrected chi connectivity index (χ1v) is 9.12. The quantitative estimate of drug-likeness (QED) is 0.689. The van der Waals surface area contributed by atoms with Gasteiger partial charge in [-0.1, -0.05) is 24.3 Å². The Hall–Kier alpha value is -2.93. The largest absolute Gasteiger partial charge is 0.295 e. The van der Waals surface area contributed by atoms with Gasteiger partial charge in [0.05, 0.1) is 11.4 Å². The van der Waals surface area contributed by atoms with Crippen molar-refractivity contribution in [3.8, 4) is 0 Å². The van der Waals surface area contributed by atoms with Crippen molar-refractivity contribution in [1.29, 1.82) is 0 Å². The van der Waals surface area contributed by atoms with Gasteiger partial charge < -0.3 is 0 Å². The molecule has 0 bridgehead atoms. The third-order valence-electron chi connectivity index (χ3n) is 3.63. The van der Waals surface area contributed by atoms with Gasteiger partial charge in [0.1, 0.15) is 0 Å². The smallest absolute Gasteiger partial charge is 0.261 e. The van der Waals surface area contributed by atoms with Crippen molar-refractivity contribution in [2.24, 2.45) is 0 Å². The van der Waals surface area contributed by atoms with Crippen LogP contribution in [-0.2, 0) is 16.6 Å². The van der Waals surface area contributed by atoms with Crippen LogP contribution in [0.25, 0.3) is 0 Å². The molecule has 0 saturated heterocycles. The Morgan fingerprint density at radius 2 is 1.92 bits per heavy atom. The molecule has 3 rings (SSSR count). The Balaban J connectivity index is 1.83. The number of benzene rings is 2. The first-order valence-electron chi connectivity index (χ1n) is 7.64. The lowest BCUT2D eigenvalue weighted by molar-refractivity contribution is 0.101. The van der Waals surface area contributed by atoms with Crippen LogP contribution in [-0.4, -0.2) is 24.0 Å². The number of nitrogens with one attached hydrogen (secondary N) is 1. The van der Waals surface area contributed by atoms with Crippen molar-refractivity contribution in [3.63, 3.8) is 0 Å². The topological polar surface area (TPSA) is 81.1 Å². The summed E-state index contributed by atoms with van der Waals surface area (Å²) in [5, 5.41) is 4.14. The molecule has 1 N–H and O–H groups in total. The Labute approximate surface area is 146 Å². The van der Waals surface area contributed by atoms with E-state index in [2.05, 4.69) is 9.82 Å². The number of nitrogens with zero attached hydrogens (tertiary/aromatic N) is 2. The monoisotopic (exact) mass is 355 g/mol. The van der Waals surface area contributed by atoms with E-state index in [9.17, 15) is 13.2 Å². The van der Waals surface area contributed by atoms with Gasteiger partial charge in [-0.05, 0) is 42.8 Å². The van der Waals surface area contributed by atoms with Crippen LogP contribution in [0.4, 0.5) is 5.69 Å². The molecule has 25 heavy (non-hydrogen) atoms. The molecule has 0 unspecified atom stereocenters. The zero-order chi connectivity index (χ0) is 17.9. The van der Waals surface area contributed by atoms with Gasteiger partial charge in [-0.25, -0.2) is 8.42 Å². The molecule has 2 aromatic carbocycles. The van der Waals surface area contributed by atoms with Gasteiger partial charge in [-0.3, -0.25) is 14.2 Å². The molecule has 0 aliphatic carbocycles. The Morgan fingerprint density at radius 1 is 1.12 bits per heavy atom. The van der Waals surface area contributed by atoms with Gasteiger partial charge in [0.2, 0.25) is 0 Å². The molecule has 0 aliphatic rings. The third-order valence-corrected chi connectivity index (χ3v) is 5.01. The van der Waals surface area contributed by atoms with E-state index < -0.39 is 10.0 Å². The highest BCUT2D eigenvalue weighted by molar-refractivity contribution is 7.92. The normalized spacial score (nSPS) is 11.2. The number of ketones is 1. The molecule has 0 saturated carbocycles. The van der Waals surface area contributed by atoms with Crippen LogP contribution in [0.3, 0.4) is 0 Å². The van der Waals surface area contributed by atoms with Gasteiger partial charge in [-0.15, -0.1) is 0 Å². The fourth-order valence-corrected chi connectivity index (χ4v) is 3.51. The van der Waals surface area contributed by atoms with E-state index in [-0.39, 0.29) is 10.7 Å². The van der Waals surface area contributed by atoms with Gasteiger partial charge in [-0.2, -0.15) is 5.10 Å². The average Bonchev–Trinajstić information content (AvgIpc) is 3.08. The standard InChI is InChI=1S/C18H17N3O3S/c1-14(22)16-6-3-8-18(12-16)25(23,24)20-17-7-2-5-15(11-17)13-21-10-4-9-19-21/h2-12,20H,13H2,1H3. The first kappa shape index (κ1) is 16.9.